The molecule has 0 amide bonds. The molecule has 1 aromatic rings. The fourth-order valence-corrected chi connectivity index (χ4v) is 0.963. The van der Waals surface area contributed by atoms with Crippen molar-refractivity contribution in [2.45, 2.75) is 12.5 Å². The highest BCUT2D eigenvalue weighted by atomic mass is 19.4. The minimum Gasteiger partial charge on any atom is -0.295 e. The van der Waals surface area contributed by atoms with Crippen LogP contribution in [0.25, 0.3) is 0 Å². The predicted octanol–water partition coefficient (Wildman–Crippen LogP) is 2.47. The Morgan fingerprint density at radius 3 is 2.07 bits per heavy atom. The third-order valence-electron chi connectivity index (χ3n) is 1.72. The molecule has 0 bridgehead atoms. The maximum atomic E-state index is 12.1. The molecule has 0 saturated heterocycles. The highest BCUT2D eigenvalue weighted by molar-refractivity contribution is 6.23. The maximum Gasteiger partial charge on any atom is 0.416 e. The summed E-state index contributed by atoms with van der Waals surface area (Å²) in [6.07, 6.45) is -4.57. The van der Waals surface area contributed by atoms with E-state index >= 15 is 0 Å². The third-order valence-corrected chi connectivity index (χ3v) is 1.72. The van der Waals surface area contributed by atoms with E-state index in [2.05, 4.69) is 0 Å². The summed E-state index contributed by atoms with van der Waals surface area (Å²) in [6.45, 7) is 0. The van der Waals surface area contributed by atoms with Gasteiger partial charge in [-0.2, -0.15) is 13.2 Å². The Hall–Kier alpha value is -1.26. The third kappa shape index (κ3) is 2.37. The lowest BCUT2D eigenvalue weighted by molar-refractivity contribution is -0.137. The summed E-state index contributed by atoms with van der Waals surface area (Å²) in [5, 5.41) is 0. The number of carbonyl (C=O) groups excluding carboxylic acids is 1. The molecule has 0 aliphatic rings. The number of halogens is 3. The molecule has 0 aliphatic carbocycles. The average Bonchev–Trinajstić information content (AvgIpc) is 2.15. The zero-order valence-corrected chi connectivity index (χ0v) is 7.14. The fourth-order valence-electron chi connectivity index (χ4n) is 0.963. The SMILES string of the molecule is [B]CC(=O)c1ccc(C(F)(F)F)cc1. The first kappa shape index (κ1) is 10.8. The van der Waals surface area contributed by atoms with Crippen molar-refractivity contribution in [2.24, 2.45) is 0 Å². The van der Waals surface area contributed by atoms with Gasteiger partial charge in [-0.15, -0.1) is 0 Å². The lowest BCUT2D eigenvalue weighted by Crippen LogP contribution is -2.05. The monoisotopic (exact) mass is 198 g/mol. The molecule has 0 aromatic heterocycles. The van der Waals surface area contributed by atoms with E-state index in [9.17, 15) is 18.0 Å². The van der Waals surface area contributed by atoms with E-state index in [1.165, 1.54) is 0 Å². The standard InChI is InChI=1S/C9H6BF3O/c10-5-8(14)6-1-3-7(4-2-6)9(11,12)13/h1-4H,5H2. The van der Waals surface area contributed by atoms with E-state index in [0.717, 1.165) is 24.3 Å². The number of hydrogen-bond acceptors (Lipinski definition) is 1. The number of benzene rings is 1. The van der Waals surface area contributed by atoms with E-state index < -0.39 is 11.7 Å². The van der Waals surface area contributed by atoms with Gasteiger partial charge in [-0.3, -0.25) is 4.79 Å². The zero-order valence-electron chi connectivity index (χ0n) is 7.14. The Kier molecular flexibility index (Phi) is 2.98. The van der Waals surface area contributed by atoms with Crippen LogP contribution in [0.4, 0.5) is 13.2 Å². The van der Waals surface area contributed by atoms with E-state index in [1.807, 2.05) is 0 Å². The maximum absolute atomic E-state index is 12.1. The Morgan fingerprint density at radius 1 is 1.21 bits per heavy atom. The van der Waals surface area contributed by atoms with Crippen molar-refractivity contribution in [3.63, 3.8) is 0 Å². The summed E-state index contributed by atoms with van der Waals surface area (Å²) in [6, 6.07) is 3.97. The van der Waals surface area contributed by atoms with Crippen molar-refractivity contribution in [2.75, 3.05) is 0 Å². The molecule has 0 heterocycles. The second-order valence-corrected chi connectivity index (χ2v) is 2.70. The summed E-state index contributed by atoms with van der Waals surface area (Å²) >= 11 is 0. The van der Waals surface area contributed by atoms with Crippen LogP contribution in [0.1, 0.15) is 15.9 Å². The van der Waals surface area contributed by atoms with E-state index in [4.69, 9.17) is 7.85 Å². The van der Waals surface area contributed by atoms with Gasteiger partial charge in [-0.25, -0.2) is 0 Å². The van der Waals surface area contributed by atoms with Crippen molar-refractivity contribution in [3.8, 4) is 0 Å². The summed E-state index contributed by atoms with van der Waals surface area (Å²) in [7, 11) is 5.06. The number of hydrogen-bond donors (Lipinski definition) is 0. The van der Waals surface area contributed by atoms with Gasteiger partial charge in [-0.1, -0.05) is 12.1 Å². The zero-order chi connectivity index (χ0) is 10.8. The first-order chi connectivity index (χ1) is 6.45. The molecule has 0 N–H and O–H groups in total. The van der Waals surface area contributed by atoms with E-state index in [-0.39, 0.29) is 17.7 Å². The Bertz CT molecular complexity index is 329. The lowest BCUT2D eigenvalue weighted by Gasteiger charge is -2.06. The Labute approximate surface area is 80.3 Å². The highest BCUT2D eigenvalue weighted by Gasteiger charge is 2.30. The summed E-state index contributed by atoms with van der Waals surface area (Å²) < 4.78 is 36.3. The minimum atomic E-state index is -4.37. The van der Waals surface area contributed by atoms with Gasteiger partial charge < -0.3 is 0 Å². The first-order valence-corrected chi connectivity index (χ1v) is 3.85. The van der Waals surface area contributed by atoms with Gasteiger partial charge in [0.1, 0.15) is 0 Å². The van der Waals surface area contributed by atoms with Gasteiger partial charge >= 0.3 is 6.18 Å². The molecule has 14 heavy (non-hydrogen) atoms. The van der Waals surface area contributed by atoms with E-state index in [1.54, 1.807) is 0 Å². The molecule has 2 radical (unpaired) electrons. The normalized spacial score (nSPS) is 11.4. The molecule has 0 unspecified atom stereocenters. The van der Waals surface area contributed by atoms with Gasteiger partial charge in [0.2, 0.25) is 0 Å². The predicted molar refractivity (Wildman–Crippen MR) is 46.3 cm³/mol. The molecule has 0 atom stereocenters. The molecular formula is C9H6BF3O. The van der Waals surface area contributed by atoms with Crippen LogP contribution in [0.2, 0.25) is 6.32 Å². The van der Waals surface area contributed by atoms with E-state index in [0.29, 0.717) is 0 Å². The van der Waals surface area contributed by atoms with Crippen LogP contribution in [0, 0.1) is 0 Å². The molecule has 1 nitrogen and oxygen atoms in total. The summed E-state index contributed by atoms with van der Waals surface area (Å²) in [5.41, 5.74) is -0.577. The van der Waals surface area contributed by atoms with Crippen molar-refractivity contribution in [1.82, 2.24) is 0 Å². The molecule has 72 valence electrons. The molecule has 1 rings (SSSR count). The molecule has 0 spiro atoms. The van der Waals surface area contributed by atoms with Crippen molar-refractivity contribution < 1.29 is 18.0 Å². The van der Waals surface area contributed by atoms with Crippen LogP contribution in [0.15, 0.2) is 24.3 Å². The van der Waals surface area contributed by atoms with Gasteiger partial charge in [0.25, 0.3) is 0 Å². The number of Topliss-reactive ketones (excluding diaryl/α,β-unsaturated/α-hetero) is 1. The number of alkyl halides is 3. The average molecular weight is 198 g/mol. The molecule has 5 heteroatoms. The van der Waals surface area contributed by atoms with Crippen molar-refractivity contribution in [1.29, 1.82) is 0 Å². The molecule has 0 saturated carbocycles. The minimum absolute atomic E-state index is 0.195. The molecule has 0 aliphatic heterocycles. The number of rotatable bonds is 2. The molecule has 0 fully saturated rings. The topological polar surface area (TPSA) is 17.1 Å². The van der Waals surface area contributed by atoms with Gasteiger partial charge in [-0.05, 0) is 18.5 Å². The Balaban J connectivity index is 2.95. The van der Waals surface area contributed by atoms with Crippen LogP contribution in [0.5, 0.6) is 0 Å². The lowest BCUT2D eigenvalue weighted by atomic mass is 9.95. The van der Waals surface area contributed by atoms with Crippen LogP contribution >= 0.6 is 0 Å². The van der Waals surface area contributed by atoms with Crippen LogP contribution in [0.3, 0.4) is 0 Å². The smallest absolute Gasteiger partial charge is 0.295 e. The first-order valence-electron chi connectivity index (χ1n) is 3.85. The Morgan fingerprint density at radius 2 is 1.71 bits per heavy atom. The highest BCUT2D eigenvalue weighted by Crippen LogP contribution is 2.29. The second-order valence-electron chi connectivity index (χ2n) is 2.70. The van der Waals surface area contributed by atoms with Crippen LogP contribution in [-0.4, -0.2) is 13.6 Å². The number of carbonyl (C=O) groups is 1. The largest absolute Gasteiger partial charge is 0.416 e. The van der Waals surface area contributed by atoms with Gasteiger partial charge in [0.15, 0.2) is 5.78 Å². The quantitative estimate of drug-likeness (QED) is 0.526. The molecule has 1 aromatic carbocycles. The van der Waals surface area contributed by atoms with Crippen molar-refractivity contribution in [3.05, 3.63) is 35.4 Å². The fraction of sp³-hybridized carbons (Fsp3) is 0.222. The molecular weight excluding hydrogens is 192 g/mol. The van der Waals surface area contributed by atoms with Crippen molar-refractivity contribution >= 4 is 13.6 Å². The van der Waals surface area contributed by atoms with Crippen LogP contribution in [-0.2, 0) is 6.18 Å². The van der Waals surface area contributed by atoms with Gasteiger partial charge in [0.05, 0.1) is 13.4 Å². The summed E-state index contributed by atoms with van der Waals surface area (Å²) in [4.78, 5) is 11.0. The second kappa shape index (κ2) is 3.86. The van der Waals surface area contributed by atoms with Crippen LogP contribution < -0.4 is 0 Å². The number of ketones is 1. The van der Waals surface area contributed by atoms with Gasteiger partial charge in [0, 0.05) is 5.56 Å². The summed E-state index contributed by atoms with van der Waals surface area (Å²) in [5.74, 6) is -0.376.